The molecule has 0 unspecified atom stereocenters. The van der Waals surface area contributed by atoms with E-state index in [1.165, 1.54) is 0 Å². The van der Waals surface area contributed by atoms with Crippen LogP contribution < -0.4 is 26.2 Å². The minimum Gasteiger partial charge on any atom is -0.494 e. The van der Waals surface area contributed by atoms with Gasteiger partial charge in [-0.05, 0) is 85.7 Å². The normalized spacial score (nSPS) is 10.1. The highest BCUT2D eigenvalue weighted by Crippen LogP contribution is 2.14. The Morgan fingerprint density at radius 2 is 1.43 bits per heavy atom. The van der Waals surface area contributed by atoms with E-state index in [1.54, 1.807) is 60.7 Å². The quantitative estimate of drug-likeness (QED) is 0.295. The molecule has 3 aromatic rings. The largest absolute Gasteiger partial charge is 0.494 e. The van der Waals surface area contributed by atoms with E-state index in [0.717, 1.165) is 12.0 Å². The molecule has 4 N–H and O–H groups in total. The van der Waals surface area contributed by atoms with Crippen LogP contribution in [-0.4, -0.2) is 29.4 Å². The molecule has 0 aromatic heterocycles. The van der Waals surface area contributed by atoms with Crippen LogP contribution in [0.25, 0.3) is 0 Å². The smallest absolute Gasteiger partial charge is 0.269 e. The monoisotopic (exact) mass is 490 g/mol. The summed E-state index contributed by atoms with van der Waals surface area (Å²) in [4.78, 5) is 37.1. The minimum atomic E-state index is -0.462. The van der Waals surface area contributed by atoms with E-state index in [0.29, 0.717) is 34.7 Å². The average Bonchev–Trinajstić information content (AvgIpc) is 2.87. The van der Waals surface area contributed by atoms with Gasteiger partial charge in [0.05, 0.1) is 6.61 Å². The molecule has 0 aliphatic heterocycles. The van der Waals surface area contributed by atoms with Crippen LogP contribution >= 0.6 is 12.2 Å². The Kier molecular flexibility index (Phi) is 8.91. The molecule has 180 valence electrons. The van der Waals surface area contributed by atoms with Crippen molar-refractivity contribution in [2.24, 2.45) is 0 Å². The lowest BCUT2D eigenvalue weighted by molar-refractivity contribution is 0.0934. The van der Waals surface area contributed by atoms with Gasteiger partial charge in [0.15, 0.2) is 5.11 Å². The van der Waals surface area contributed by atoms with Gasteiger partial charge >= 0.3 is 0 Å². The molecule has 0 spiro atoms. The Bertz CT molecular complexity index is 1210. The number of hydrogen-bond donors (Lipinski definition) is 4. The standard InChI is InChI=1S/C26H26N4O4S/c1-3-16-34-21-14-10-18(11-15-21)23(31)28-26(35)30-29-24(32)19-8-12-20(13-9-19)27-25(33)22-7-5-4-6-17(22)2/h4-15H,3,16H2,1-2H3,(H,27,33)(H,29,32)(H2,28,30,31,35). The number of aryl methyl sites for hydroxylation is 1. The highest BCUT2D eigenvalue weighted by atomic mass is 32.1. The number of amides is 3. The second kappa shape index (κ2) is 12.3. The maximum absolute atomic E-state index is 12.4. The number of rotatable bonds is 7. The van der Waals surface area contributed by atoms with Crippen LogP contribution in [0.2, 0.25) is 0 Å². The molecular formula is C26H26N4O4S. The van der Waals surface area contributed by atoms with Crippen molar-refractivity contribution in [1.29, 1.82) is 0 Å². The molecule has 3 rings (SSSR count). The fourth-order valence-corrected chi connectivity index (χ4v) is 3.19. The van der Waals surface area contributed by atoms with Gasteiger partial charge in [-0.3, -0.25) is 30.6 Å². The van der Waals surface area contributed by atoms with Gasteiger partial charge in [0.2, 0.25) is 0 Å². The van der Waals surface area contributed by atoms with Gasteiger partial charge in [-0.1, -0.05) is 25.1 Å². The van der Waals surface area contributed by atoms with E-state index in [2.05, 4.69) is 21.5 Å². The maximum Gasteiger partial charge on any atom is 0.269 e. The lowest BCUT2D eigenvalue weighted by Gasteiger charge is -2.12. The molecular weight excluding hydrogens is 464 g/mol. The Labute approximate surface area is 209 Å². The van der Waals surface area contributed by atoms with Gasteiger partial charge in [-0.15, -0.1) is 0 Å². The van der Waals surface area contributed by atoms with Crippen molar-refractivity contribution in [3.63, 3.8) is 0 Å². The van der Waals surface area contributed by atoms with E-state index < -0.39 is 11.8 Å². The van der Waals surface area contributed by atoms with Gasteiger partial charge in [0.25, 0.3) is 17.7 Å². The summed E-state index contributed by atoms with van der Waals surface area (Å²) in [5, 5.41) is 5.24. The predicted octanol–water partition coefficient (Wildman–Crippen LogP) is 3.99. The van der Waals surface area contributed by atoms with Gasteiger partial charge < -0.3 is 10.1 Å². The summed E-state index contributed by atoms with van der Waals surface area (Å²) in [5.74, 6) is -0.438. The first-order valence-electron chi connectivity index (χ1n) is 11.0. The van der Waals surface area contributed by atoms with E-state index in [-0.39, 0.29) is 11.0 Å². The molecule has 0 fully saturated rings. The highest BCUT2D eigenvalue weighted by molar-refractivity contribution is 7.80. The van der Waals surface area contributed by atoms with Crippen molar-refractivity contribution in [2.45, 2.75) is 20.3 Å². The molecule has 8 nitrogen and oxygen atoms in total. The molecule has 0 saturated heterocycles. The van der Waals surface area contributed by atoms with Crippen LogP contribution in [0.15, 0.2) is 72.8 Å². The number of hydrogen-bond acceptors (Lipinski definition) is 5. The molecule has 0 aliphatic carbocycles. The number of benzene rings is 3. The van der Waals surface area contributed by atoms with Gasteiger partial charge in [0, 0.05) is 22.4 Å². The van der Waals surface area contributed by atoms with E-state index in [9.17, 15) is 14.4 Å². The number of anilines is 1. The van der Waals surface area contributed by atoms with Crippen molar-refractivity contribution < 1.29 is 19.1 Å². The molecule has 0 aliphatic rings. The third-order valence-electron chi connectivity index (χ3n) is 4.90. The Hall–Kier alpha value is -4.24. The Morgan fingerprint density at radius 3 is 2.09 bits per heavy atom. The maximum atomic E-state index is 12.4. The van der Waals surface area contributed by atoms with Crippen molar-refractivity contribution in [1.82, 2.24) is 16.2 Å². The molecule has 0 bridgehead atoms. The Morgan fingerprint density at radius 1 is 0.800 bits per heavy atom. The Balaban J connectivity index is 1.47. The van der Waals surface area contributed by atoms with Crippen LogP contribution in [0.4, 0.5) is 5.69 Å². The molecule has 0 saturated carbocycles. The summed E-state index contributed by atoms with van der Waals surface area (Å²) in [6.07, 6.45) is 0.891. The lowest BCUT2D eigenvalue weighted by atomic mass is 10.1. The average molecular weight is 491 g/mol. The third-order valence-corrected chi connectivity index (χ3v) is 5.10. The molecule has 9 heteroatoms. The number of ether oxygens (including phenoxy) is 1. The van der Waals surface area contributed by atoms with Crippen LogP contribution in [0.5, 0.6) is 5.75 Å². The van der Waals surface area contributed by atoms with Crippen LogP contribution in [0, 0.1) is 6.92 Å². The van der Waals surface area contributed by atoms with Crippen LogP contribution in [0.1, 0.15) is 50.0 Å². The zero-order valence-electron chi connectivity index (χ0n) is 19.4. The van der Waals surface area contributed by atoms with Gasteiger partial charge in [-0.25, -0.2) is 0 Å². The molecule has 3 aromatic carbocycles. The zero-order valence-corrected chi connectivity index (χ0v) is 20.2. The third kappa shape index (κ3) is 7.38. The van der Waals surface area contributed by atoms with Crippen molar-refractivity contribution >= 4 is 40.7 Å². The fourth-order valence-electron chi connectivity index (χ4n) is 3.05. The van der Waals surface area contributed by atoms with E-state index in [1.807, 2.05) is 26.0 Å². The minimum absolute atomic E-state index is 0.0585. The SMILES string of the molecule is CCCOc1ccc(C(=O)NC(=S)NNC(=O)c2ccc(NC(=O)c3ccccc3C)cc2)cc1. The van der Waals surface area contributed by atoms with Crippen molar-refractivity contribution in [3.8, 4) is 5.75 Å². The van der Waals surface area contributed by atoms with Crippen molar-refractivity contribution in [3.05, 3.63) is 95.1 Å². The number of carbonyl (C=O) groups excluding carboxylic acids is 3. The number of nitrogens with one attached hydrogen (secondary N) is 4. The van der Waals surface area contributed by atoms with Gasteiger partial charge in [-0.2, -0.15) is 0 Å². The summed E-state index contributed by atoms with van der Waals surface area (Å²) in [6.45, 7) is 4.47. The van der Waals surface area contributed by atoms with Gasteiger partial charge in [0.1, 0.15) is 5.75 Å². The second-order valence-corrected chi connectivity index (χ2v) is 7.99. The lowest BCUT2D eigenvalue weighted by Crippen LogP contribution is -2.48. The zero-order chi connectivity index (χ0) is 25.2. The first kappa shape index (κ1) is 25.4. The highest BCUT2D eigenvalue weighted by Gasteiger charge is 2.12. The molecule has 0 atom stereocenters. The summed E-state index contributed by atoms with van der Waals surface area (Å²) >= 11 is 5.08. The summed E-state index contributed by atoms with van der Waals surface area (Å²) in [6, 6.07) is 20.3. The number of hydrazine groups is 1. The van der Waals surface area contributed by atoms with E-state index in [4.69, 9.17) is 17.0 Å². The summed E-state index contributed by atoms with van der Waals surface area (Å²) < 4.78 is 5.49. The van der Waals surface area contributed by atoms with E-state index >= 15 is 0 Å². The van der Waals surface area contributed by atoms with Crippen LogP contribution in [0.3, 0.4) is 0 Å². The van der Waals surface area contributed by atoms with Crippen molar-refractivity contribution in [2.75, 3.05) is 11.9 Å². The topological polar surface area (TPSA) is 109 Å². The summed E-state index contributed by atoms with van der Waals surface area (Å²) in [7, 11) is 0. The second-order valence-electron chi connectivity index (χ2n) is 7.58. The number of carbonyl (C=O) groups is 3. The molecule has 3 amide bonds. The fraction of sp³-hybridized carbons (Fsp3) is 0.154. The molecule has 0 heterocycles. The predicted molar refractivity (Wildman–Crippen MR) is 138 cm³/mol. The first-order valence-corrected chi connectivity index (χ1v) is 11.4. The van der Waals surface area contributed by atoms with Crippen LogP contribution in [-0.2, 0) is 0 Å². The molecule has 0 radical (unpaired) electrons. The first-order chi connectivity index (χ1) is 16.9. The summed E-state index contributed by atoms with van der Waals surface area (Å²) in [5.41, 5.74) is 7.66. The molecule has 35 heavy (non-hydrogen) atoms. The number of thiocarbonyl (C=S) groups is 1.